The molecule has 1 aromatic carbocycles. The summed E-state index contributed by atoms with van der Waals surface area (Å²) in [6.45, 7) is 7.51. The Morgan fingerprint density at radius 1 is 1.29 bits per heavy atom. The van der Waals surface area contributed by atoms with Crippen LogP contribution in [-0.2, 0) is 0 Å². The molecule has 0 saturated heterocycles. The minimum absolute atomic E-state index is 0.121. The fourth-order valence-corrected chi connectivity index (χ4v) is 2.45. The Morgan fingerprint density at radius 3 is 2.57 bits per heavy atom. The Balaban J connectivity index is 2.39. The van der Waals surface area contributed by atoms with Crippen molar-refractivity contribution >= 4 is 16.8 Å². The summed E-state index contributed by atoms with van der Waals surface area (Å²) in [5.41, 5.74) is 2.42. The Kier molecular flexibility index (Phi) is 4.01. The summed E-state index contributed by atoms with van der Waals surface area (Å²) in [5, 5.41) is 10.8. The lowest BCUT2D eigenvalue weighted by Gasteiger charge is -2.26. The second-order valence-electron chi connectivity index (χ2n) is 6.29. The lowest BCUT2D eigenvalue weighted by atomic mass is 10.1. The van der Waals surface area contributed by atoms with E-state index < -0.39 is 5.60 Å². The van der Waals surface area contributed by atoms with Gasteiger partial charge in [-0.05, 0) is 45.4 Å². The summed E-state index contributed by atoms with van der Waals surface area (Å²) in [6.07, 6.45) is 0. The van der Waals surface area contributed by atoms with Gasteiger partial charge in [0.05, 0.1) is 22.4 Å². The third-order valence-electron chi connectivity index (χ3n) is 3.36. The second kappa shape index (κ2) is 5.45. The SMILES string of the molecule is Cc1ccc2cc(C(=O)N(C)CC(C)(C)O)c(C)nc2c1. The summed E-state index contributed by atoms with van der Waals surface area (Å²) in [7, 11) is 1.69. The second-order valence-corrected chi connectivity index (χ2v) is 6.29. The molecule has 0 unspecified atom stereocenters. The van der Waals surface area contributed by atoms with Crippen molar-refractivity contribution < 1.29 is 9.90 Å². The van der Waals surface area contributed by atoms with Crippen molar-refractivity contribution in [1.29, 1.82) is 0 Å². The van der Waals surface area contributed by atoms with Gasteiger partial charge >= 0.3 is 0 Å². The maximum atomic E-state index is 12.5. The lowest BCUT2D eigenvalue weighted by Crippen LogP contribution is -2.40. The van der Waals surface area contributed by atoms with Crippen molar-refractivity contribution in [2.45, 2.75) is 33.3 Å². The summed E-state index contributed by atoms with van der Waals surface area (Å²) >= 11 is 0. The molecule has 0 bridgehead atoms. The van der Waals surface area contributed by atoms with Crippen molar-refractivity contribution in [3.05, 3.63) is 41.1 Å². The van der Waals surface area contributed by atoms with Gasteiger partial charge in [0.2, 0.25) is 0 Å². The molecule has 21 heavy (non-hydrogen) atoms. The van der Waals surface area contributed by atoms with E-state index in [1.54, 1.807) is 20.9 Å². The fourth-order valence-electron chi connectivity index (χ4n) is 2.45. The highest BCUT2D eigenvalue weighted by Gasteiger charge is 2.22. The number of likely N-dealkylation sites (N-methyl/N-ethyl adjacent to an activating group) is 1. The number of rotatable bonds is 3. The number of carbonyl (C=O) groups is 1. The van der Waals surface area contributed by atoms with Gasteiger partial charge in [-0.2, -0.15) is 0 Å². The van der Waals surface area contributed by atoms with E-state index in [-0.39, 0.29) is 12.5 Å². The Labute approximate surface area is 125 Å². The molecule has 0 spiro atoms. The number of aliphatic hydroxyl groups is 1. The first-order chi connectivity index (χ1) is 9.67. The number of nitrogens with zero attached hydrogens (tertiary/aromatic N) is 2. The molecular weight excluding hydrogens is 264 g/mol. The smallest absolute Gasteiger partial charge is 0.255 e. The van der Waals surface area contributed by atoms with Crippen LogP contribution in [0.25, 0.3) is 10.9 Å². The van der Waals surface area contributed by atoms with Crippen LogP contribution >= 0.6 is 0 Å². The van der Waals surface area contributed by atoms with Crippen LogP contribution < -0.4 is 0 Å². The molecule has 0 fully saturated rings. The van der Waals surface area contributed by atoms with Crippen LogP contribution in [0.2, 0.25) is 0 Å². The number of hydrogen-bond acceptors (Lipinski definition) is 3. The van der Waals surface area contributed by atoms with E-state index in [2.05, 4.69) is 4.98 Å². The first kappa shape index (κ1) is 15.4. The number of fused-ring (bicyclic) bond motifs is 1. The van der Waals surface area contributed by atoms with Crippen LogP contribution in [0.5, 0.6) is 0 Å². The largest absolute Gasteiger partial charge is 0.389 e. The van der Waals surface area contributed by atoms with E-state index in [1.807, 2.05) is 38.1 Å². The van der Waals surface area contributed by atoms with Gasteiger partial charge in [0.1, 0.15) is 0 Å². The van der Waals surface area contributed by atoms with Gasteiger partial charge in [0.25, 0.3) is 5.91 Å². The molecule has 2 rings (SSSR count). The van der Waals surface area contributed by atoms with Crippen LogP contribution in [0.1, 0.15) is 35.5 Å². The molecule has 1 N–H and O–H groups in total. The maximum Gasteiger partial charge on any atom is 0.255 e. The molecule has 0 aliphatic heterocycles. The molecule has 1 amide bonds. The first-order valence-electron chi connectivity index (χ1n) is 7.03. The van der Waals surface area contributed by atoms with Crippen LogP contribution in [0.3, 0.4) is 0 Å². The van der Waals surface area contributed by atoms with Crippen LogP contribution in [0.15, 0.2) is 24.3 Å². The summed E-state index contributed by atoms with van der Waals surface area (Å²) < 4.78 is 0. The number of aromatic nitrogens is 1. The molecule has 0 radical (unpaired) electrons. The Bertz CT molecular complexity index is 687. The predicted molar refractivity (Wildman–Crippen MR) is 84.5 cm³/mol. The molecule has 4 nitrogen and oxygen atoms in total. The maximum absolute atomic E-state index is 12.5. The number of carbonyl (C=O) groups excluding carboxylic acids is 1. The minimum Gasteiger partial charge on any atom is -0.389 e. The van der Waals surface area contributed by atoms with Crippen molar-refractivity contribution in [2.24, 2.45) is 0 Å². The highest BCUT2D eigenvalue weighted by atomic mass is 16.3. The van der Waals surface area contributed by atoms with Crippen molar-refractivity contribution in [3.63, 3.8) is 0 Å². The van der Waals surface area contributed by atoms with Gasteiger partial charge < -0.3 is 10.0 Å². The van der Waals surface area contributed by atoms with Crippen LogP contribution in [-0.4, -0.2) is 40.1 Å². The van der Waals surface area contributed by atoms with Gasteiger partial charge in [-0.25, -0.2) is 0 Å². The third kappa shape index (κ3) is 3.58. The predicted octanol–water partition coefficient (Wildman–Crippen LogP) is 2.69. The Morgan fingerprint density at radius 2 is 1.95 bits per heavy atom. The number of amides is 1. The highest BCUT2D eigenvalue weighted by molar-refractivity contribution is 5.98. The van der Waals surface area contributed by atoms with Crippen molar-refractivity contribution in [3.8, 4) is 0 Å². The first-order valence-corrected chi connectivity index (χ1v) is 7.03. The molecule has 0 aliphatic carbocycles. The van der Waals surface area contributed by atoms with Gasteiger partial charge in [-0.3, -0.25) is 9.78 Å². The van der Waals surface area contributed by atoms with E-state index >= 15 is 0 Å². The zero-order valence-electron chi connectivity index (χ0n) is 13.3. The van der Waals surface area contributed by atoms with Gasteiger partial charge in [0, 0.05) is 19.0 Å². The van der Waals surface area contributed by atoms with E-state index in [9.17, 15) is 9.90 Å². The monoisotopic (exact) mass is 286 g/mol. The summed E-state index contributed by atoms with van der Waals surface area (Å²) in [5.74, 6) is -0.121. The molecule has 2 aromatic rings. The van der Waals surface area contributed by atoms with Crippen LogP contribution in [0, 0.1) is 13.8 Å². The zero-order valence-corrected chi connectivity index (χ0v) is 13.3. The van der Waals surface area contributed by atoms with E-state index in [0.29, 0.717) is 11.3 Å². The zero-order chi connectivity index (χ0) is 15.8. The normalized spacial score (nSPS) is 11.7. The topological polar surface area (TPSA) is 53.4 Å². The third-order valence-corrected chi connectivity index (χ3v) is 3.36. The molecule has 1 heterocycles. The average molecular weight is 286 g/mol. The minimum atomic E-state index is -0.917. The number of pyridine rings is 1. The van der Waals surface area contributed by atoms with Gasteiger partial charge in [-0.15, -0.1) is 0 Å². The van der Waals surface area contributed by atoms with Gasteiger partial charge in [-0.1, -0.05) is 12.1 Å². The van der Waals surface area contributed by atoms with Crippen molar-refractivity contribution in [2.75, 3.05) is 13.6 Å². The quantitative estimate of drug-likeness (QED) is 0.944. The van der Waals surface area contributed by atoms with E-state index in [1.165, 1.54) is 4.90 Å². The Hall–Kier alpha value is -1.94. The lowest BCUT2D eigenvalue weighted by molar-refractivity contribution is 0.0367. The van der Waals surface area contributed by atoms with Gasteiger partial charge in [0.15, 0.2) is 0 Å². The fraction of sp³-hybridized carbons (Fsp3) is 0.412. The molecule has 0 atom stereocenters. The molecular formula is C17H22N2O2. The van der Waals surface area contributed by atoms with Crippen LogP contribution in [0.4, 0.5) is 0 Å². The van der Waals surface area contributed by atoms with Crippen molar-refractivity contribution in [1.82, 2.24) is 9.88 Å². The molecule has 0 saturated carbocycles. The highest BCUT2D eigenvalue weighted by Crippen LogP contribution is 2.19. The molecule has 0 aliphatic rings. The molecule has 112 valence electrons. The summed E-state index contributed by atoms with van der Waals surface area (Å²) in [4.78, 5) is 18.6. The van der Waals surface area contributed by atoms with E-state index in [4.69, 9.17) is 0 Å². The summed E-state index contributed by atoms with van der Waals surface area (Å²) in [6, 6.07) is 7.87. The average Bonchev–Trinajstić information content (AvgIpc) is 2.35. The molecule has 1 aromatic heterocycles. The number of hydrogen-bond donors (Lipinski definition) is 1. The number of benzene rings is 1. The number of aryl methyl sites for hydroxylation is 2. The van der Waals surface area contributed by atoms with E-state index in [0.717, 1.165) is 16.5 Å². The molecule has 4 heteroatoms. The standard InChI is InChI=1S/C17H22N2O2/c1-11-6-7-13-9-14(12(2)18-15(13)8-11)16(20)19(5)10-17(3,4)21/h6-9,21H,10H2,1-5H3.